The summed E-state index contributed by atoms with van der Waals surface area (Å²) < 4.78 is 13.6. The third kappa shape index (κ3) is 3.82. The molecule has 0 spiro atoms. The van der Waals surface area contributed by atoms with E-state index in [0.717, 1.165) is 19.5 Å². The van der Waals surface area contributed by atoms with Crippen LogP contribution in [0.4, 0.5) is 4.39 Å². The molecule has 1 aromatic heterocycles. The second kappa shape index (κ2) is 7.11. The third-order valence-corrected chi connectivity index (χ3v) is 5.87. The Morgan fingerprint density at radius 3 is 3.09 bits per heavy atom. The van der Waals surface area contributed by atoms with E-state index in [9.17, 15) is 9.18 Å². The van der Waals surface area contributed by atoms with Crippen molar-refractivity contribution in [3.8, 4) is 0 Å². The summed E-state index contributed by atoms with van der Waals surface area (Å²) in [6.07, 6.45) is 1.08. The average Bonchev–Trinajstić information content (AvgIpc) is 2.99. The van der Waals surface area contributed by atoms with Gasteiger partial charge in [-0.05, 0) is 64.5 Å². The van der Waals surface area contributed by atoms with Crippen LogP contribution in [0.5, 0.6) is 0 Å². The van der Waals surface area contributed by atoms with Crippen molar-refractivity contribution in [2.24, 2.45) is 0 Å². The maximum absolute atomic E-state index is 13.1. The molecule has 1 aliphatic heterocycles. The molecule has 122 valence electrons. The highest BCUT2D eigenvalue weighted by molar-refractivity contribution is 9.10. The quantitative estimate of drug-likeness (QED) is 0.851. The maximum atomic E-state index is 13.1. The fraction of sp³-hybridized carbons (Fsp3) is 0.353. The molecule has 0 bridgehead atoms. The molecule has 0 saturated heterocycles. The van der Waals surface area contributed by atoms with Crippen molar-refractivity contribution in [1.82, 2.24) is 10.2 Å². The number of hydrogen-bond acceptors (Lipinski definition) is 3. The molecule has 0 saturated carbocycles. The van der Waals surface area contributed by atoms with Crippen molar-refractivity contribution in [3.05, 3.63) is 55.9 Å². The largest absolute Gasteiger partial charge is 0.350 e. The van der Waals surface area contributed by atoms with Gasteiger partial charge in [-0.1, -0.05) is 0 Å². The molecule has 3 rings (SSSR count). The summed E-state index contributed by atoms with van der Waals surface area (Å²) in [5.74, 6) is -0.543. The molecule has 2 heterocycles. The lowest BCUT2D eigenvalue weighted by Gasteiger charge is -2.32. The van der Waals surface area contributed by atoms with Crippen LogP contribution in [-0.2, 0) is 13.0 Å². The van der Waals surface area contributed by atoms with E-state index in [4.69, 9.17) is 0 Å². The summed E-state index contributed by atoms with van der Waals surface area (Å²) >= 11 is 5.06. The van der Waals surface area contributed by atoms with E-state index in [-0.39, 0.29) is 17.8 Å². The number of amides is 1. The Labute approximate surface area is 147 Å². The van der Waals surface area contributed by atoms with E-state index in [1.54, 1.807) is 0 Å². The number of rotatable bonds is 4. The van der Waals surface area contributed by atoms with Crippen molar-refractivity contribution in [2.75, 3.05) is 13.1 Å². The smallest absolute Gasteiger partial charge is 0.252 e. The first kappa shape index (κ1) is 16.6. The standard InChI is InChI=1S/C17H18BrFN2OS/c1-11(21-6-4-16-12(10-21)5-7-23-16)9-20-17(22)14-3-2-13(19)8-15(14)18/h2-3,5,7-8,11H,4,6,9-10H2,1H3,(H,20,22). The molecule has 1 atom stereocenters. The molecule has 6 heteroatoms. The summed E-state index contributed by atoms with van der Waals surface area (Å²) in [4.78, 5) is 16.1. The van der Waals surface area contributed by atoms with Crippen LogP contribution >= 0.6 is 27.3 Å². The summed E-state index contributed by atoms with van der Waals surface area (Å²) in [6, 6.07) is 6.55. The zero-order valence-electron chi connectivity index (χ0n) is 12.8. The molecule has 1 unspecified atom stereocenters. The maximum Gasteiger partial charge on any atom is 0.252 e. The van der Waals surface area contributed by atoms with Crippen LogP contribution in [0.2, 0.25) is 0 Å². The molecule has 1 N–H and O–H groups in total. The predicted octanol–water partition coefficient (Wildman–Crippen LogP) is 3.83. The molecule has 1 aromatic carbocycles. The van der Waals surface area contributed by atoms with E-state index in [0.29, 0.717) is 16.6 Å². The highest BCUT2D eigenvalue weighted by Gasteiger charge is 2.22. The van der Waals surface area contributed by atoms with Gasteiger partial charge in [-0.2, -0.15) is 0 Å². The van der Waals surface area contributed by atoms with Crippen molar-refractivity contribution >= 4 is 33.2 Å². The zero-order valence-corrected chi connectivity index (χ0v) is 15.2. The number of nitrogens with one attached hydrogen (secondary N) is 1. The number of halogens is 2. The summed E-state index contributed by atoms with van der Waals surface area (Å²) in [6.45, 7) is 4.65. The van der Waals surface area contributed by atoms with Gasteiger partial charge in [0.2, 0.25) is 0 Å². The van der Waals surface area contributed by atoms with Gasteiger partial charge < -0.3 is 5.32 Å². The lowest BCUT2D eigenvalue weighted by molar-refractivity contribution is 0.0932. The molecular weight excluding hydrogens is 379 g/mol. The SMILES string of the molecule is CC(CNC(=O)c1ccc(F)cc1Br)N1CCc2sccc2C1. The van der Waals surface area contributed by atoms with Gasteiger partial charge >= 0.3 is 0 Å². The number of benzene rings is 1. The van der Waals surface area contributed by atoms with Gasteiger partial charge in [-0.3, -0.25) is 9.69 Å². The fourth-order valence-corrected chi connectivity index (χ4v) is 4.21. The van der Waals surface area contributed by atoms with E-state index >= 15 is 0 Å². The Balaban J connectivity index is 1.57. The van der Waals surface area contributed by atoms with Gasteiger partial charge in [0.15, 0.2) is 0 Å². The summed E-state index contributed by atoms with van der Waals surface area (Å²) in [5.41, 5.74) is 1.86. The van der Waals surface area contributed by atoms with Crippen molar-refractivity contribution < 1.29 is 9.18 Å². The van der Waals surface area contributed by atoms with Crippen LogP contribution in [0.25, 0.3) is 0 Å². The third-order valence-electron chi connectivity index (χ3n) is 4.19. The summed E-state index contributed by atoms with van der Waals surface area (Å²) in [5, 5.41) is 5.09. The van der Waals surface area contributed by atoms with Crippen LogP contribution < -0.4 is 5.32 Å². The Morgan fingerprint density at radius 2 is 2.30 bits per heavy atom. The Kier molecular flexibility index (Phi) is 5.14. The van der Waals surface area contributed by atoms with Gasteiger partial charge in [0.05, 0.1) is 5.56 Å². The molecular formula is C17H18BrFN2OS. The second-order valence-corrected chi connectivity index (χ2v) is 7.63. The van der Waals surface area contributed by atoms with Crippen molar-refractivity contribution in [1.29, 1.82) is 0 Å². The van der Waals surface area contributed by atoms with E-state index < -0.39 is 0 Å². The van der Waals surface area contributed by atoms with Crippen LogP contribution in [0, 0.1) is 5.82 Å². The number of thiophene rings is 1. The molecule has 0 fully saturated rings. The van der Waals surface area contributed by atoms with Crippen LogP contribution in [0.15, 0.2) is 34.1 Å². The van der Waals surface area contributed by atoms with Gasteiger partial charge in [-0.15, -0.1) is 11.3 Å². The van der Waals surface area contributed by atoms with E-state index in [1.807, 2.05) is 11.3 Å². The minimum Gasteiger partial charge on any atom is -0.350 e. The number of carbonyl (C=O) groups excluding carboxylic acids is 1. The monoisotopic (exact) mass is 396 g/mol. The topological polar surface area (TPSA) is 32.3 Å². The first-order valence-electron chi connectivity index (χ1n) is 7.57. The fourth-order valence-electron chi connectivity index (χ4n) is 2.78. The highest BCUT2D eigenvalue weighted by atomic mass is 79.9. The molecule has 1 aliphatic rings. The lowest BCUT2D eigenvalue weighted by atomic mass is 10.1. The first-order chi connectivity index (χ1) is 11.0. The number of carbonyl (C=O) groups is 1. The number of hydrogen-bond donors (Lipinski definition) is 1. The van der Waals surface area contributed by atoms with Gasteiger partial charge in [0.1, 0.15) is 5.82 Å². The Bertz CT molecular complexity index is 718. The molecule has 0 radical (unpaired) electrons. The molecule has 0 aliphatic carbocycles. The van der Waals surface area contributed by atoms with E-state index in [2.05, 4.69) is 44.5 Å². The minimum atomic E-state index is -0.360. The van der Waals surface area contributed by atoms with Crippen LogP contribution in [0.1, 0.15) is 27.7 Å². The normalized spacial score (nSPS) is 16.0. The van der Waals surface area contributed by atoms with Crippen molar-refractivity contribution in [2.45, 2.75) is 25.9 Å². The Morgan fingerprint density at radius 1 is 1.48 bits per heavy atom. The second-order valence-electron chi connectivity index (χ2n) is 5.77. The summed E-state index contributed by atoms with van der Waals surface area (Å²) in [7, 11) is 0. The van der Waals surface area contributed by atoms with Crippen LogP contribution in [0.3, 0.4) is 0 Å². The molecule has 23 heavy (non-hydrogen) atoms. The molecule has 1 amide bonds. The number of fused-ring (bicyclic) bond motifs is 1. The molecule has 2 aromatic rings. The average molecular weight is 397 g/mol. The van der Waals surface area contributed by atoms with Gasteiger partial charge in [0.25, 0.3) is 5.91 Å². The van der Waals surface area contributed by atoms with Crippen LogP contribution in [-0.4, -0.2) is 29.9 Å². The predicted molar refractivity (Wildman–Crippen MR) is 94.3 cm³/mol. The molecule has 3 nitrogen and oxygen atoms in total. The lowest BCUT2D eigenvalue weighted by Crippen LogP contribution is -2.44. The zero-order chi connectivity index (χ0) is 16.4. The van der Waals surface area contributed by atoms with Gasteiger partial charge in [0, 0.05) is 35.0 Å². The Hall–Kier alpha value is -1.24. The minimum absolute atomic E-state index is 0.183. The van der Waals surface area contributed by atoms with Gasteiger partial charge in [-0.25, -0.2) is 4.39 Å². The highest BCUT2D eigenvalue weighted by Crippen LogP contribution is 2.25. The van der Waals surface area contributed by atoms with Crippen molar-refractivity contribution in [3.63, 3.8) is 0 Å². The first-order valence-corrected chi connectivity index (χ1v) is 9.24. The van der Waals surface area contributed by atoms with E-state index in [1.165, 1.54) is 28.6 Å². The number of nitrogens with zero attached hydrogens (tertiary/aromatic N) is 1.